The molecule has 0 aliphatic carbocycles. The lowest BCUT2D eigenvalue weighted by molar-refractivity contribution is -0.143. The Morgan fingerprint density at radius 2 is 1.45 bits per heavy atom. The summed E-state index contributed by atoms with van der Waals surface area (Å²) in [6, 6.07) is 3.84. The first-order chi connectivity index (χ1) is 21.8. The summed E-state index contributed by atoms with van der Waals surface area (Å²) in [6.45, 7) is 1.35. The fraction of sp³-hybridized carbons (Fsp3) is 0.533. The number of alkyl halides is 9. The Bertz CT molecular complexity index is 1460. The average molecular weight is 683 g/mol. The second-order valence-electron chi connectivity index (χ2n) is 11.2. The first-order valence-corrected chi connectivity index (χ1v) is 14.7. The van der Waals surface area contributed by atoms with E-state index < -0.39 is 65.9 Å². The molecular weight excluding hydrogens is 647 g/mol. The smallest absolute Gasteiger partial charge is 0.416 e. The SMILES string of the molecule is CCC(c1ccc(C(F)(F)F)cc1CN(Cc1cc(C(F)(F)F)cc(C(F)(F)F)c1)c1nnn(C)n1)N(C)CCCCCCC(=O)O. The molecule has 0 saturated carbocycles. The Morgan fingerprint density at radius 3 is 1.96 bits per heavy atom. The van der Waals surface area contributed by atoms with Crippen LogP contribution in [0.2, 0.25) is 0 Å². The van der Waals surface area contributed by atoms with Crippen molar-refractivity contribution in [3.63, 3.8) is 0 Å². The third-order valence-corrected chi connectivity index (χ3v) is 7.56. The van der Waals surface area contributed by atoms with E-state index in [9.17, 15) is 44.3 Å². The van der Waals surface area contributed by atoms with E-state index in [0.717, 1.165) is 23.4 Å². The monoisotopic (exact) mass is 682 g/mol. The van der Waals surface area contributed by atoms with Crippen LogP contribution in [0, 0.1) is 0 Å². The summed E-state index contributed by atoms with van der Waals surface area (Å²) in [6.07, 6.45) is -11.8. The molecule has 3 aromatic rings. The lowest BCUT2D eigenvalue weighted by atomic mass is 9.94. The van der Waals surface area contributed by atoms with E-state index in [1.54, 1.807) is 7.05 Å². The highest BCUT2D eigenvalue weighted by Crippen LogP contribution is 2.38. The standard InChI is InChI=1S/C30H35F9N6O2/c1-4-25(43(2)12-8-6-5-7-9-26(46)47)24-11-10-21(28(31,32)33)15-20(24)18-45(27-40-42-44(3)41-27)17-19-13-22(29(34,35)36)16-23(14-19)30(37,38)39/h10-11,13-16,25H,4-9,12,17-18H2,1-3H3,(H,46,47). The van der Waals surface area contributed by atoms with Crippen LogP contribution < -0.4 is 4.90 Å². The summed E-state index contributed by atoms with van der Waals surface area (Å²) in [4.78, 5) is 14.9. The van der Waals surface area contributed by atoms with Crippen LogP contribution in [0.4, 0.5) is 45.5 Å². The summed E-state index contributed by atoms with van der Waals surface area (Å²) < 4.78 is 123. The van der Waals surface area contributed by atoms with Gasteiger partial charge in [0.25, 0.3) is 5.95 Å². The second kappa shape index (κ2) is 15.3. The van der Waals surface area contributed by atoms with E-state index in [2.05, 4.69) is 15.4 Å². The van der Waals surface area contributed by atoms with Gasteiger partial charge in [-0.1, -0.05) is 30.9 Å². The number of anilines is 1. The van der Waals surface area contributed by atoms with Crippen molar-refractivity contribution < 1.29 is 49.4 Å². The van der Waals surface area contributed by atoms with Gasteiger partial charge in [0.1, 0.15) is 0 Å². The summed E-state index contributed by atoms with van der Waals surface area (Å²) in [5.41, 5.74) is -3.88. The van der Waals surface area contributed by atoms with Crippen LogP contribution in [0.15, 0.2) is 36.4 Å². The first kappa shape index (κ1) is 37.6. The van der Waals surface area contributed by atoms with Crippen molar-refractivity contribution in [1.29, 1.82) is 0 Å². The maximum Gasteiger partial charge on any atom is 0.416 e. The minimum absolute atomic E-state index is 0.00678. The number of aromatic nitrogens is 4. The molecule has 1 heterocycles. The molecule has 1 unspecified atom stereocenters. The first-order valence-electron chi connectivity index (χ1n) is 14.7. The van der Waals surface area contributed by atoms with Gasteiger partial charge >= 0.3 is 24.5 Å². The largest absolute Gasteiger partial charge is 0.481 e. The van der Waals surface area contributed by atoms with E-state index in [1.807, 2.05) is 11.8 Å². The number of aryl methyl sites for hydroxylation is 1. The van der Waals surface area contributed by atoms with Crippen molar-refractivity contribution >= 4 is 11.9 Å². The van der Waals surface area contributed by atoms with Crippen molar-refractivity contribution in [3.8, 4) is 0 Å². The number of benzene rings is 2. The summed E-state index contributed by atoms with van der Waals surface area (Å²) in [5, 5.41) is 20.4. The summed E-state index contributed by atoms with van der Waals surface area (Å²) in [7, 11) is 3.16. The Morgan fingerprint density at radius 1 is 0.851 bits per heavy atom. The highest BCUT2D eigenvalue weighted by Gasteiger charge is 2.37. The predicted octanol–water partition coefficient (Wildman–Crippen LogP) is 7.89. The maximum absolute atomic E-state index is 13.9. The molecule has 0 radical (unpaired) electrons. The van der Waals surface area contributed by atoms with Gasteiger partial charge in [-0.3, -0.25) is 9.69 Å². The molecule has 0 bridgehead atoms. The number of aliphatic carboxylic acids is 1. The van der Waals surface area contributed by atoms with Gasteiger partial charge in [0.05, 0.1) is 23.7 Å². The topological polar surface area (TPSA) is 87.4 Å². The van der Waals surface area contributed by atoms with Crippen LogP contribution in [0.25, 0.3) is 0 Å². The van der Waals surface area contributed by atoms with Crippen molar-refractivity contribution in [3.05, 3.63) is 69.8 Å². The van der Waals surface area contributed by atoms with Gasteiger partial charge in [-0.15, -0.1) is 5.10 Å². The van der Waals surface area contributed by atoms with Gasteiger partial charge in [-0.25, -0.2) is 0 Å². The highest BCUT2D eigenvalue weighted by atomic mass is 19.4. The molecule has 0 saturated heterocycles. The van der Waals surface area contributed by atoms with Crippen molar-refractivity contribution in [2.45, 2.75) is 83.1 Å². The van der Waals surface area contributed by atoms with Gasteiger partial charge in [-0.05, 0) is 85.1 Å². The molecule has 260 valence electrons. The average Bonchev–Trinajstić information content (AvgIpc) is 3.40. The Balaban J connectivity index is 2.02. The van der Waals surface area contributed by atoms with E-state index >= 15 is 0 Å². The minimum atomic E-state index is -5.10. The lowest BCUT2D eigenvalue weighted by Crippen LogP contribution is -2.29. The minimum Gasteiger partial charge on any atom is -0.481 e. The summed E-state index contributed by atoms with van der Waals surface area (Å²) >= 11 is 0. The molecule has 8 nitrogen and oxygen atoms in total. The Labute approximate surface area is 265 Å². The number of halogens is 9. The molecule has 3 rings (SSSR count). The van der Waals surface area contributed by atoms with Gasteiger partial charge in [0, 0.05) is 25.6 Å². The van der Waals surface area contributed by atoms with E-state index in [1.165, 1.54) is 18.0 Å². The van der Waals surface area contributed by atoms with Crippen molar-refractivity contribution in [2.24, 2.45) is 7.05 Å². The number of hydrogen-bond donors (Lipinski definition) is 1. The van der Waals surface area contributed by atoms with E-state index in [-0.39, 0.29) is 24.0 Å². The van der Waals surface area contributed by atoms with Crippen molar-refractivity contribution in [2.75, 3.05) is 18.5 Å². The van der Waals surface area contributed by atoms with Gasteiger partial charge in [0.2, 0.25) is 0 Å². The predicted molar refractivity (Wildman–Crippen MR) is 153 cm³/mol. The quantitative estimate of drug-likeness (QED) is 0.129. The normalized spacial score (nSPS) is 13.3. The molecule has 0 spiro atoms. The zero-order valence-electron chi connectivity index (χ0n) is 25.8. The molecule has 1 N–H and O–H groups in total. The highest BCUT2D eigenvalue weighted by molar-refractivity contribution is 5.66. The number of nitrogens with zero attached hydrogens (tertiary/aromatic N) is 6. The number of hydrogen-bond acceptors (Lipinski definition) is 6. The lowest BCUT2D eigenvalue weighted by Gasteiger charge is -2.31. The maximum atomic E-state index is 13.9. The van der Waals surface area contributed by atoms with Crippen LogP contribution in [0.1, 0.15) is 84.9 Å². The Kier molecular flexibility index (Phi) is 12.3. The van der Waals surface area contributed by atoms with Gasteiger partial charge in [0.15, 0.2) is 0 Å². The van der Waals surface area contributed by atoms with Crippen LogP contribution in [-0.2, 0) is 43.5 Å². The molecule has 0 amide bonds. The zero-order valence-corrected chi connectivity index (χ0v) is 25.8. The fourth-order valence-electron chi connectivity index (χ4n) is 5.29. The van der Waals surface area contributed by atoms with Crippen LogP contribution >= 0.6 is 0 Å². The molecule has 0 aliphatic rings. The van der Waals surface area contributed by atoms with Crippen LogP contribution in [-0.4, -0.2) is 49.8 Å². The molecule has 1 aromatic heterocycles. The Hall–Kier alpha value is -3.89. The molecule has 0 fully saturated rings. The van der Waals surface area contributed by atoms with Crippen molar-refractivity contribution in [1.82, 2.24) is 25.1 Å². The zero-order chi connectivity index (χ0) is 35.2. The number of carboxylic acid groups (broad SMARTS) is 1. The molecular formula is C30H35F9N6O2. The fourth-order valence-corrected chi connectivity index (χ4v) is 5.29. The third-order valence-electron chi connectivity index (χ3n) is 7.56. The number of carboxylic acids is 1. The molecule has 2 aromatic carbocycles. The number of rotatable bonds is 15. The van der Waals surface area contributed by atoms with E-state index in [0.29, 0.717) is 49.9 Å². The molecule has 0 aliphatic heterocycles. The number of tetrazole rings is 1. The van der Waals surface area contributed by atoms with Gasteiger partial charge < -0.3 is 10.0 Å². The third kappa shape index (κ3) is 10.8. The summed E-state index contributed by atoms with van der Waals surface area (Å²) in [5.74, 6) is -1.10. The van der Waals surface area contributed by atoms with Gasteiger partial charge in [-0.2, -0.15) is 44.3 Å². The van der Waals surface area contributed by atoms with Crippen LogP contribution in [0.3, 0.4) is 0 Å². The second-order valence-corrected chi connectivity index (χ2v) is 11.2. The van der Waals surface area contributed by atoms with Crippen LogP contribution in [0.5, 0.6) is 0 Å². The number of carbonyl (C=O) groups is 1. The molecule has 17 heteroatoms. The van der Waals surface area contributed by atoms with E-state index in [4.69, 9.17) is 5.11 Å². The molecule has 1 atom stereocenters. The number of unbranched alkanes of at least 4 members (excludes halogenated alkanes) is 3. The molecule has 47 heavy (non-hydrogen) atoms.